The van der Waals surface area contributed by atoms with E-state index in [-0.39, 0.29) is 5.82 Å². The zero-order valence-electron chi connectivity index (χ0n) is 9.49. The number of hydrazine groups is 1. The van der Waals surface area contributed by atoms with Crippen LogP contribution in [-0.4, -0.2) is 9.78 Å². The summed E-state index contributed by atoms with van der Waals surface area (Å²) in [5.41, 5.74) is 3.58. The minimum Gasteiger partial charge on any atom is -0.271 e. The van der Waals surface area contributed by atoms with Crippen LogP contribution in [0, 0.1) is 5.82 Å². The second-order valence-electron chi connectivity index (χ2n) is 3.77. The molecule has 1 aromatic heterocycles. The lowest BCUT2D eigenvalue weighted by Gasteiger charge is -2.18. The standard InChI is InChI=1S/C11H11BrClFN4/c1-18-11(8(13)5-16-18)10(17-15)7-3-2-6(12)4-9(7)14/h2-5,10,17H,15H2,1H3. The van der Waals surface area contributed by atoms with E-state index in [1.54, 1.807) is 23.9 Å². The molecule has 0 saturated heterocycles. The average molecular weight is 334 g/mol. The molecule has 18 heavy (non-hydrogen) atoms. The number of hydrogen-bond acceptors (Lipinski definition) is 3. The van der Waals surface area contributed by atoms with Crippen molar-refractivity contribution >= 4 is 27.5 Å². The van der Waals surface area contributed by atoms with Crippen LogP contribution in [-0.2, 0) is 7.05 Å². The van der Waals surface area contributed by atoms with E-state index in [0.29, 0.717) is 20.8 Å². The van der Waals surface area contributed by atoms with Crippen LogP contribution in [0.5, 0.6) is 0 Å². The molecule has 2 aromatic rings. The van der Waals surface area contributed by atoms with E-state index in [0.717, 1.165) is 0 Å². The molecule has 7 heteroatoms. The molecule has 1 heterocycles. The third kappa shape index (κ3) is 2.42. The maximum atomic E-state index is 13.9. The molecule has 3 N–H and O–H groups in total. The first-order chi connectivity index (χ1) is 8.54. The summed E-state index contributed by atoms with van der Waals surface area (Å²) < 4.78 is 16.2. The van der Waals surface area contributed by atoms with Crippen molar-refractivity contribution in [3.8, 4) is 0 Å². The van der Waals surface area contributed by atoms with Crippen molar-refractivity contribution < 1.29 is 4.39 Å². The van der Waals surface area contributed by atoms with E-state index < -0.39 is 6.04 Å². The zero-order valence-corrected chi connectivity index (χ0v) is 11.8. The van der Waals surface area contributed by atoms with Crippen LogP contribution in [0.1, 0.15) is 17.3 Å². The summed E-state index contributed by atoms with van der Waals surface area (Å²) >= 11 is 9.25. The molecule has 1 unspecified atom stereocenters. The molecule has 1 atom stereocenters. The van der Waals surface area contributed by atoms with Gasteiger partial charge in [-0.2, -0.15) is 5.10 Å². The van der Waals surface area contributed by atoms with Gasteiger partial charge < -0.3 is 0 Å². The number of nitrogens with zero attached hydrogens (tertiary/aromatic N) is 2. The van der Waals surface area contributed by atoms with Crippen molar-refractivity contribution in [1.29, 1.82) is 0 Å². The Kier molecular flexibility index (Phi) is 4.01. The number of hydrogen-bond donors (Lipinski definition) is 2. The molecule has 0 aliphatic rings. The highest BCUT2D eigenvalue weighted by Crippen LogP contribution is 2.29. The van der Waals surface area contributed by atoms with Gasteiger partial charge in [0.2, 0.25) is 0 Å². The highest BCUT2D eigenvalue weighted by Gasteiger charge is 2.22. The summed E-state index contributed by atoms with van der Waals surface area (Å²) in [5.74, 6) is 5.14. The smallest absolute Gasteiger partial charge is 0.129 e. The van der Waals surface area contributed by atoms with Crippen molar-refractivity contribution in [2.24, 2.45) is 12.9 Å². The highest BCUT2D eigenvalue weighted by atomic mass is 79.9. The zero-order chi connectivity index (χ0) is 13.3. The van der Waals surface area contributed by atoms with Gasteiger partial charge in [0, 0.05) is 17.1 Å². The number of nitrogens with two attached hydrogens (primary N) is 1. The summed E-state index contributed by atoms with van der Waals surface area (Å²) in [6.07, 6.45) is 1.50. The van der Waals surface area contributed by atoms with Crippen molar-refractivity contribution in [2.75, 3.05) is 0 Å². The fourth-order valence-electron chi connectivity index (χ4n) is 1.80. The first kappa shape index (κ1) is 13.5. The fourth-order valence-corrected chi connectivity index (χ4v) is 2.40. The molecule has 0 radical (unpaired) electrons. The number of rotatable bonds is 3. The number of benzene rings is 1. The van der Waals surface area contributed by atoms with Gasteiger partial charge in [-0.05, 0) is 12.1 Å². The molecular weight excluding hydrogens is 323 g/mol. The lowest BCUT2D eigenvalue weighted by molar-refractivity contribution is 0.532. The average Bonchev–Trinajstić information content (AvgIpc) is 2.64. The molecule has 0 amide bonds. The first-order valence-electron chi connectivity index (χ1n) is 5.13. The first-order valence-corrected chi connectivity index (χ1v) is 6.30. The lowest BCUT2D eigenvalue weighted by atomic mass is 10.0. The second kappa shape index (κ2) is 5.36. The summed E-state index contributed by atoms with van der Waals surface area (Å²) in [5, 5.41) is 4.45. The molecule has 0 fully saturated rings. The Morgan fingerprint density at radius 1 is 1.56 bits per heavy atom. The van der Waals surface area contributed by atoms with Crippen LogP contribution in [0.2, 0.25) is 5.02 Å². The van der Waals surface area contributed by atoms with E-state index in [2.05, 4.69) is 26.5 Å². The van der Waals surface area contributed by atoms with Gasteiger partial charge in [0.1, 0.15) is 5.82 Å². The van der Waals surface area contributed by atoms with Gasteiger partial charge in [-0.3, -0.25) is 10.5 Å². The molecule has 1 aromatic carbocycles. The summed E-state index contributed by atoms with van der Waals surface area (Å²) in [7, 11) is 1.72. The summed E-state index contributed by atoms with van der Waals surface area (Å²) in [4.78, 5) is 0. The van der Waals surface area contributed by atoms with Crippen molar-refractivity contribution in [2.45, 2.75) is 6.04 Å². The lowest BCUT2D eigenvalue weighted by Crippen LogP contribution is -2.31. The van der Waals surface area contributed by atoms with E-state index in [1.165, 1.54) is 12.3 Å². The Bertz CT molecular complexity index is 553. The maximum Gasteiger partial charge on any atom is 0.129 e. The van der Waals surface area contributed by atoms with Crippen LogP contribution in [0.3, 0.4) is 0 Å². The number of nitrogens with one attached hydrogen (secondary N) is 1. The molecule has 0 bridgehead atoms. The Hall–Kier alpha value is -0.950. The van der Waals surface area contributed by atoms with Crippen LogP contribution >= 0.6 is 27.5 Å². The van der Waals surface area contributed by atoms with Gasteiger partial charge in [-0.15, -0.1) is 0 Å². The SMILES string of the molecule is Cn1ncc(Cl)c1C(NN)c1ccc(Br)cc1F. The fraction of sp³-hybridized carbons (Fsp3) is 0.182. The predicted molar refractivity (Wildman–Crippen MR) is 71.5 cm³/mol. The van der Waals surface area contributed by atoms with E-state index in [1.807, 2.05) is 0 Å². The van der Waals surface area contributed by atoms with Crippen LogP contribution in [0.15, 0.2) is 28.9 Å². The normalized spacial score (nSPS) is 12.7. The van der Waals surface area contributed by atoms with Gasteiger partial charge in [0.25, 0.3) is 0 Å². The summed E-state index contributed by atoms with van der Waals surface area (Å²) in [6, 6.07) is 4.21. The second-order valence-corrected chi connectivity index (χ2v) is 5.09. The van der Waals surface area contributed by atoms with Gasteiger partial charge in [0.15, 0.2) is 0 Å². The quantitative estimate of drug-likeness (QED) is 0.670. The van der Waals surface area contributed by atoms with E-state index in [4.69, 9.17) is 17.4 Å². The molecule has 0 saturated carbocycles. The van der Waals surface area contributed by atoms with E-state index >= 15 is 0 Å². The topological polar surface area (TPSA) is 55.9 Å². The number of aryl methyl sites for hydroxylation is 1. The van der Waals surface area contributed by atoms with Gasteiger partial charge in [-0.1, -0.05) is 33.6 Å². The monoisotopic (exact) mass is 332 g/mol. The number of aromatic nitrogens is 2. The molecule has 0 aliphatic heterocycles. The molecule has 2 rings (SSSR count). The Morgan fingerprint density at radius 3 is 2.78 bits per heavy atom. The van der Waals surface area contributed by atoms with Crippen LogP contribution in [0.4, 0.5) is 4.39 Å². The van der Waals surface area contributed by atoms with Crippen LogP contribution in [0.25, 0.3) is 0 Å². The van der Waals surface area contributed by atoms with Crippen molar-refractivity contribution in [3.63, 3.8) is 0 Å². The minimum absolute atomic E-state index is 0.371. The molecule has 4 nitrogen and oxygen atoms in total. The van der Waals surface area contributed by atoms with Gasteiger partial charge >= 0.3 is 0 Å². The Balaban J connectivity index is 2.52. The van der Waals surface area contributed by atoms with Gasteiger partial charge in [-0.25, -0.2) is 9.82 Å². The van der Waals surface area contributed by atoms with E-state index in [9.17, 15) is 4.39 Å². The molecule has 0 spiro atoms. The minimum atomic E-state index is -0.557. The van der Waals surface area contributed by atoms with Crippen molar-refractivity contribution in [1.82, 2.24) is 15.2 Å². The van der Waals surface area contributed by atoms with Crippen LogP contribution < -0.4 is 11.3 Å². The Labute approximate surface area is 117 Å². The highest BCUT2D eigenvalue weighted by molar-refractivity contribution is 9.10. The number of halogens is 3. The third-order valence-corrected chi connectivity index (χ3v) is 3.44. The molecule has 0 aliphatic carbocycles. The molecular formula is C11H11BrClFN4. The Morgan fingerprint density at radius 2 is 2.28 bits per heavy atom. The predicted octanol–water partition coefficient (Wildman–Crippen LogP) is 2.53. The van der Waals surface area contributed by atoms with Gasteiger partial charge in [0.05, 0.1) is 23.0 Å². The third-order valence-electron chi connectivity index (χ3n) is 2.65. The maximum absolute atomic E-state index is 13.9. The molecule has 96 valence electrons. The summed E-state index contributed by atoms with van der Waals surface area (Å²) in [6.45, 7) is 0. The largest absolute Gasteiger partial charge is 0.271 e. The van der Waals surface area contributed by atoms with Crippen molar-refractivity contribution in [3.05, 3.63) is 51.0 Å².